The monoisotopic (exact) mass is 494 g/mol. The Balaban J connectivity index is 1.18. The summed E-state index contributed by atoms with van der Waals surface area (Å²) in [5.74, 6) is 1.22. The molecule has 2 N–H and O–H groups in total. The number of carbonyl (C=O) groups excluding carboxylic acids is 2. The van der Waals surface area contributed by atoms with Gasteiger partial charge >= 0.3 is 0 Å². The quantitative estimate of drug-likeness (QED) is 0.580. The predicted molar refractivity (Wildman–Crippen MR) is 141 cm³/mol. The SMILES string of the molecule is CC1CCCC(C)N1CCNC(=O)CCC1=NNC2N(Cc3ccccc3)C(=O)C3CCCCC3N12. The molecule has 2 amide bonds. The minimum Gasteiger partial charge on any atom is -0.355 e. The van der Waals surface area contributed by atoms with Gasteiger partial charge in [0.15, 0.2) is 6.29 Å². The molecule has 1 aromatic rings. The van der Waals surface area contributed by atoms with E-state index in [4.69, 9.17) is 0 Å². The van der Waals surface area contributed by atoms with Crippen LogP contribution >= 0.6 is 0 Å². The van der Waals surface area contributed by atoms with E-state index >= 15 is 0 Å². The predicted octanol–water partition coefficient (Wildman–Crippen LogP) is 3.25. The number of likely N-dealkylation sites (tertiary alicyclic amines) is 1. The molecule has 3 fully saturated rings. The fourth-order valence-electron chi connectivity index (χ4n) is 6.73. The van der Waals surface area contributed by atoms with Crippen molar-refractivity contribution in [2.24, 2.45) is 11.0 Å². The summed E-state index contributed by atoms with van der Waals surface area (Å²) in [4.78, 5) is 33.0. The van der Waals surface area contributed by atoms with Crippen LogP contribution in [0.4, 0.5) is 0 Å². The van der Waals surface area contributed by atoms with E-state index in [2.05, 4.69) is 51.6 Å². The van der Waals surface area contributed by atoms with Gasteiger partial charge in [-0.05, 0) is 45.1 Å². The minimum absolute atomic E-state index is 0.00570. The van der Waals surface area contributed by atoms with E-state index < -0.39 is 0 Å². The normalized spacial score (nSPS) is 30.3. The van der Waals surface area contributed by atoms with Crippen LogP contribution in [0.1, 0.15) is 77.2 Å². The van der Waals surface area contributed by atoms with Crippen molar-refractivity contribution < 1.29 is 9.59 Å². The lowest BCUT2D eigenvalue weighted by Crippen LogP contribution is -2.67. The van der Waals surface area contributed by atoms with Crippen LogP contribution in [0.2, 0.25) is 0 Å². The van der Waals surface area contributed by atoms with E-state index in [0.717, 1.165) is 43.6 Å². The van der Waals surface area contributed by atoms with Crippen molar-refractivity contribution in [3.05, 3.63) is 35.9 Å². The number of hydrazone groups is 1. The molecule has 1 aliphatic carbocycles. The number of fused-ring (bicyclic) bond motifs is 3. The minimum atomic E-state index is -0.266. The molecule has 4 aliphatic rings. The Labute approximate surface area is 215 Å². The summed E-state index contributed by atoms with van der Waals surface area (Å²) in [6, 6.07) is 11.5. The molecule has 3 aliphatic heterocycles. The van der Waals surface area contributed by atoms with Gasteiger partial charge in [0.1, 0.15) is 5.84 Å². The fourth-order valence-corrected chi connectivity index (χ4v) is 6.73. The van der Waals surface area contributed by atoms with Gasteiger partial charge in [0, 0.05) is 50.6 Å². The van der Waals surface area contributed by atoms with Gasteiger partial charge in [-0.15, -0.1) is 0 Å². The molecule has 5 atom stereocenters. The molecule has 2 saturated heterocycles. The van der Waals surface area contributed by atoms with Gasteiger partial charge in [0.2, 0.25) is 11.8 Å². The van der Waals surface area contributed by atoms with Crippen LogP contribution in [0.25, 0.3) is 0 Å². The third kappa shape index (κ3) is 5.24. The molecule has 8 nitrogen and oxygen atoms in total. The number of piperidine rings is 1. The van der Waals surface area contributed by atoms with Gasteiger partial charge in [-0.1, -0.05) is 49.6 Å². The Bertz CT molecular complexity index is 943. The maximum absolute atomic E-state index is 13.5. The summed E-state index contributed by atoms with van der Waals surface area (Å²) in [6.07, 6.45) is 8.69. The third-order valence-corrected chi connectivity index (χ3v) is 8.69. The average molecular weight is 495 g/mol. The van der Waals surface area contributed by atoms with E-state index in [1.54, 1.807) is 0 Å². The van der Waals surface area contributed by atoms with Gasteiger partial charge in [-0.3, -0.25) is 24.8 Å². The highest BCUT2D eigenvalue weighted by atomic mass is 16.2. The van der Waals surface area contributed by atoms with Crippen molar-refractivity contribution in [2.75, 3.05) is 13.1 Å². The number of amidine groups is 1. The molecule has 0 spiro atoms. The Morgan fingerprint density at radius 1 is 1.06 bits per heavy atom. The number of benzene rings is 1. The smallest absolute Gasteiger partial charge is 0.231 e. The van der Waals surface area contributed by atoms with Crippen LogP contribution in [0, 0.1) is 5.92 Å². The van der Waals surface area contributed by atoms with Crippen molar-refractivity contribution >= 4 is 17.6 Å². The first kappa shape index (κ1) is 25.1. The first-order valence-electron chi connectivity index (χ1n) is 14.0. The summed E-state index contributed by atoms with van der Waals surface area (Å²) in [7, 11) is 0. The summed E-state index contributed by atoms with van der Waals surface area (Å²) in [5, 5.41) is 7.79. The lowest BCUT2D eigenvalue weighted by Gasteiger charge is -2.50. The zero-order chi connectivity index (χ0) is 25.1. The summed E-state index contributed by atoms with van der Waals surface area (Å²) in [6.45, 7) is 6.75. The average Bonchev–Trinajstić information content (AvgIpc) is 3.32. The van der Waals surface area contributed by atoms with Gasteiger partial charge in [0.05, 0.1) is 5.92 Å². The summed E-state index contributed by atoms with van der Waals surface area (Å²) >= 11 is 0. The Morgan fingerprint density at radius 2 is 1.81 bits per heavy atom. The van der Waals surface area contributed by atoms with Crippen molar-refractivity contribution in [1.29, 1.82) is 0 Å². The van der Waals surface area contributed by atoms with Crippen molar-refractivity contribution in [3.8, 4) is 0 Å². The number of rotatable bonds is 8. The fraction of sp³-hybridized carbons (Fsp3) is 0.679. The molecule has 5 unspecified atom stereocenters. The second-order valence-corrected chi connectivity index (χ2v) is 11.1. The van der Waals surface area contributed by atoms with E-state index in [9.17, 15) is 9.59 Å². The number of nitrogens with one attached hydrogen (secondary N) is 2. The highest BCUT2D eigenvalue weighted by molar-refractivity contribution is 5.91. The number of amides is 2. The maximum Gasteiger partial charge on any atom is 0.231 e. The number of hydrogen-bond acceptors (Lipinski definition) is 6. The van der Waals surface area contributed by atoms with Crippen LogP contribution in [0.15, 0.2) is 35.4 Å². The number of hydrogen-bond donors (Lipinski definition) is 2. The molecule has 0 bridgehead atoms. The molecular formula is C28H42N6O2. The Hall–Kier alpha value is -2.61. The molecule has 36 heavy (non-hydrogen) atoms. The molecule has 1 aromatic carbocycles. The maximum atomic E-state index is 13.5. The zero-order valence-corrected chi connectivity index (χ0v) is 21.9. The lowest BCUT2D eigenvalue weighted by molar-refractivity contribution is -0.156. The van der Waals surface area contributed by atoms with Crippen LogP contribution in [-0.4, -0.2) is 69.9 Å². The van der Waals surface area contributed by atoms with Crippen molar-refractivity contribution in [1.82, 2.24) is 25.4 Å². The van der Waals surface area contributed by atoms with Crippen molar-refractivity contribution in [2.45, 2.75) is 103 Å². The lowest BCUT2D eigenvalue weighted by atomic mass is 9.80. The van der Waals surface area contributed by atoms with Gasteiger partial charge in [-0.25, -0.2) is 0 Å². The topological polar surface area (TPSA) is 80.3 Å². The van der Waals surface area contributed by atoms with Crippen LogP contribution in [0.3, 0.4) is 0 Å². The van der Waals surface area contributed by atoms with Gasteiger partial charge < -0.3 is 10.2 Å². The Kier molecular flexibility index (Phi) is 7.79. The molecule has 8 heteroatoms. The second-order valence-electron chi connectivity index (χ2n) is 11.1. The van der Waals surface area contributed by atoms with E-state index in [1.165, 1.54) is 19.3 Å². The van der Waals surface area contributed by atoms with E-state index in [-0.39, 0.29) is 30.1 Å². The molecule has 1 saturated carbocycles. The van der Waals surface area contributed by atoms with Crippen LogP contribution in [-0.2, 0) is 16.1 Å². The third-order valence-electron chi connectivity index (χ3n) is 8.69. The molecule has 0 radical (unpaired) electrons. The van der Waals surface area contributed by atoms with E-state index in [1.807, 2.05) is 23.1 Å². The summed E-state index contributed by atoms with van der Waals surface area (Å²) in [5.41, 5.74) is 4.36. The highest BCUT2D eigenvalue weighted by Gasteiger charge is 2.50. The first-order valence-corrected chi connectivity index (χ1v) is 14.0. The largest absolute Gasteiger partial charge is 0.355 e. The van der Waals surface area contributed by atoms with Crippen molar-refractivity contribution in [3.63, 3.8) is 0 Å². The highest BCUT2D eigenvalue weighted by Crippen LogP contribution is 2.38. The van der Waals surface area contributed by atoms with Gasteiger partial charge in [-0.2, -0.15) is 5.10 Å². The molecule has 3 heterocycles. The van der Waals surface area contributed by atoms with E-state index in [0.29, 0.717) is 38.0 Å². The number of nitrogens with zero attached hydrogens (tertiary/aromatic N) is 4. The van der Waals surface area contributed by atoms with Gasteiger partial charge in [0.25, 0.3) is 0 Å². The molecule has 196 valence electrons. The molecular weight excluding hydrogens is 452 g/mol. The zero-order valence-electron chi connectivity index (χ0n) is 21.9. The second kappa shape index (κ2) is 11.2. The molecule has 0 aromatic heterocycles. The van der Waals surface area contributed by atoms with Crippen LogP contribution in [0.5, 0.6) is 0 Å². The van der Waals surface area contributed by atoms with Crippen LogP contribution < -0.4 is 10.7 Å². The standard InChI is InChI=1S/C28H42N6O2/c1-20-9-8-10-21(2)32(20)18-17-29-26(35)16-15-25-30-31-28-33(19-22-11-4-3-5-12-22)27(36)23-13-6-7-14-24(23)34(25)28/h3-5,11-12,20-21,23-24,28,31H,6-10,13-19H2,1-2H3,(H,29,35). The summed E-state index contributed by atoms with van der Waals surface area (Å²) < 4.78 is 0. The number of carbonyl (C=O) groups is 2. The molecule has 5 rings (SSSR count). The first-order chi connectivity index (χ1) is 17.5. The Morgan fingerprint density at radius 3 is 2.58 bits per heavy atom.